The molecule has 9 heteroatoms. The van der Waals surface area contributed by atoms with Crippen LogP contribution in [0, 0.1) is 24.1 Å². The molecule has 0 unspecified atom stereocenters. The zero-order valence-corrected chi connectivity index (χ0v) is 15.9. The van der Waals surface area contributed by atoms with Crippen molar-refractivity contribution in [3.63, 3.8) is 0 Å². The maximum absolute atomic E-state index is 13.1. The first-order chi connectivity index (χ1) is 13.9. The smallest absolute Gasteiger partial charge is 0.343 e. The van der Waals surface area contributed by atoms with Gasteiger partial charge in [-0.2, -0.15) is 10.4 Å². The molecule has 2 aromatic carbocycles. The van der Waals surface area contributed by atoms with Crippen LogP contribution in [0.4, 0.5) is 10.1 Å². The monoisotopic (exact) mass is 412 g/mol. The molecule has 0 radical (unpaired) electrons. The molecule has 3 rings (SSSR count). The standard InChI is InChI=1S/C20H14ClFN4O3/c1-12-18(19(21)26(25-12)15-8-6-14(22)7-9-15)20(28)29-11-17(27)24-16-5-3-2-4-13(16)10-23/h2-9H,11H2,1H3,(H,24,27). The summed E-state index contributed by atoms with van der Waals surface area (Å²) in [5, 5.41) is 15.7. The minimum Gasteiger partial charge on any atom is -0.452 e. The van der Waals surface area contributed by atoms with Crippen molar-refractivity contribution >= 4 is 29.2 Å². The van der Waals surface area contributed by atoms with Crippen molar-refractivity contribution < 1.29 is 18.7 Å². The molecule has 0 fully saturated rings. The van der Waals surface area contributed by atoms with E-state index in [9.17, 15) is 14.0 Å². The number of anilines is 1. The summed E-state index contributed by atoms with van der Waals surface area (Å²) in [5.74, 6) is -1.86. The van der Waals surface area contributed by atoms with Gasteiger partial charge in [0.1, 0.15) is 22.6 Å². The highest BCUT2D eigenvalue weighted by Crippen LogP contribution is 2.24. The Labute approximate surface area is 170 Å². The van der Waals surface area contributed by atoms with Crippen molar-refractivity contribution in [2.24, 2.45) is 0 Å². The third-order valence-electron chi connectivity index (χ3n) is 3.94. The zero-order chi connectivity index (χ0) is 21.0. The van der Waals surface area contributed by atoms with Crippen LogP contribution >= 0.6 is 11.6 Å². The number of para-hydroxylation sites is 1. The van der Waals surface area contributed by atoms with E-state index in [1.165, 1.54) is 28.9 Å². The predicted molar refractivity (Wildman–Crippen MR) is 103 cm³/mol. The summed E-state index contributed by atoms with van der Waals surface area (Å²) in [5.41, 5.74) is 1.35. The lowest BCUT2D eigenvalue weighted by molar-refractivity contribution is -0.119. The molecule has 0 atom stereocenters. The van der Waals surface area contributed by atoms with E-state index in [1.54, 1.807) is 31.2 Å². The molecule has 1 heterocycles. The molecule has 1 aromatic heterocycles. The summed E-state index contributed by atoms with van der Waals surface area (Å²) in [4.78, 5) is 24.5. The van der Waals surface area contributed by atoms with Crippen molar-refractivity contribution in [1.29, 1.82) is 5.26 Å². The predicted octanol–water partition coefficient (Wildman–Crippen LogP) is 3.64. The molecule has 0 bridgehead atoms. The van der Waals surface area contributed by atoms with Gasteiger partial charge in [-0.1, -0.05) is 23.7 Å². The Morgan fingerprint density at radius 3 is 2.62 bits per heavy atom. The third-order valence-corrected chi connectivity index (χ3v) is 4.28. The van der Waals surface area contributed by atoms with E-state index in [4.69, 9.17) is 21.6 Å². The maximum Gasteiger partial charge on any atom is 0.343 e. The molecule has 0 aliphatic rings. The Kier molecular flexibility index (Phi) is 5.90. The molecule has 0 saturated carbocycles. The lowest BCUT2D eigenvalue weighted by Gasteiger charge is -2.08. The summed E-state index contributed by atoms with van der Waals surface area (Å²) >= 11 is 6.25. The van der Waals surface area contributed by atoms with Gasteiger partial charge in [0.2, 0.25) is 0 Å². The average molecular weight is 413 g/mol. The highest BCUT2D eigenvalue weighted by Gasteiger charge is 2.23. The van der Waals surface area contributed by atoms with E-state index >= 15 is 0 Å². The van der Waals surface area contributed by atoms with E-state index in [0.717, 1.165) is 0 Å². The Morgan fingerprint density at radius 2 is 1.93 bits per heavy atom. The fourth-order valence-electron chi connectivity index (χ4n) is 2.56. The van der Waals surface area contributed by atoms with E-state index < -0.39 is 24.3 Å². The van der Waals surface area contributed by atoms with E-state index in [2.05, 4.69) is 10.4 Å². The van der Waals surface area contributed by atoms with E-state index in [1.807, 2.05) is 6.07 Å². The molecule has 7 nitrogen and oxygen atoms in total. The van der Waals surface area contributed by atoms with Gasteiger partial charge in [-0.15, -0.1) is 0 Å². The number of nitriles is 1. The molecule has 3 aromatic rings. The van der Waals surface area contributed by atoms with E-state index in [0.29, 0.717) is 17.1 Å². The molecular formula is C20H14ClFN4O3. The second-order valence-electron chi connectivity index (χ2n) is 5.92. The Hall–Kier alpha value is -3.70. The van der Waals surface area contributed by atoms with Crippen LogP contribution in [0.1, 0.15) is 21.6 Å². The first-order valence-electron chi connectivity index (χ1n) is 8.38. The quantitative estimate of drug-likeness (QED) is 0.645. The van der Waals surface area contributed by atoms with Crippen LogP contribution in [0.25, 0.3) is 5.69 Å². The molecule has 0 spiro atoms. The Balaban J connectivity index is 1.70. The summed E-state index contributed by atoms with van der Waals surface area (Å²) in [6.45, 7) is 0.988. The van der Waals surface area contributed by atoms with Gasteiger partial charge in [-0.3, -0.25) is 4.79 Å². The molecular weight excluding hydrogens is 399 g/mol. The van der Waals surface area contributed by atoms with Crippen LogP contribution in [-0.2, 0) is 9.53 Å². The fourth-order valence-corrected chi connectivity index (χ4v) is 2.91. The molecule has 146 valence electrons. The molecule has 0 aliphatic heterocycles. The summed E-state index contributed by atoms with van der Waals surface area (Å²) in [6.07, 6.45) is 0. The van der Waals surface area contributed by atoms with E-state index in [-0.39, 0.29) is 16.3 Å². The Bertz CT molecular complexity index is 1120. The minimum atomic E-state index is -0.829. The number of esters is 1. The summed E-state index contributed by atoms with van der Waals surface area (Å²) < 4.78 is 19.4. The van der Waals surface area contributed by atoms with Crippen LogP contribution in [0.2, 0.25) is 5.15 Å². The van der Waals surface area contributed by atoms with Crippen molar-refractivity contribution in [1.82, 2.24) is 9.78 Å². The highest BCUT2D eigenvalue weighted by molar-refractivity contribution is 6.33. The molecule has 0 saturated heterocycles. The Morgan fingerprint density at radius 1 is 1.24 bits per heavy atom. The van der Waals surface area contributed by atoms with Crippen molar-refractivity contribution in [3.05, 3.63) is 76.3 Å². The largest absolute Gasteiger partial charge is 0.452 e. The normalized spacial score (nSPS) is 10.3. The third kappa shape index (κ3) is 4.42. The maximum atomic E-state index is 13.1. The number of hydrogen-bond donors (Lipinski definition) is 1. The van der Waals surface area contributed by atoms with Crippen molar-refractivity contribution in [3.8, 4) is 11.8 Å². The SMILES string of the molecule is Cc1nn(-c2ccc(F)cc2)c(Cl)c1C(=O)OCC(=O)Nc1ccccc1C#N. The van der Waals surface area contributed by atoms with Gasteiger partial charge >= 0.3 is 5.97 Å². The fraction of sp³-hybridized carbons (Fsp3) is 0.100. The topological polar surface area (TPSA) is 97.0 Å². The van der Waals surface area contributed by atoms with Crippen LogP contribution in [0.15, 0.2) is 48.5 Å². The highest BCUT2D eigenvalue weighted by atomic mass is 35.5. The second-order valence-corrected chi connectivity index (χ2v) is 6.28. The summed E-state index contributed by atoms with van der Waals surface area (Å²) in [6, 6.07) is 13.8. The van der Waals surface area contributed by atoms with Gasteiger partial charge < -0.3 is 10.1 Å². The molecule has 1 amide bonds. The number of hydrogen-bond acceptors (Lipinski definition) is 5. The lowest BCUT2D eigenvalue weighted by atomic mass is 10.2. The molecule has 1 N–H and O–H groups in total. The van der Waals surface area contributed by atoms with Crippen LogP contribution < -0.4 is 5.32 Å². The van der Waals surface area contributed by atoms with Gasteiger partial charge in [0.15, 0.2) is 6.61 Å². The number of aromatic nitrogens is 2. The van der Waals surface area contributed by atoms with Gasteiger partial charge in [-0.25, -0.2) is 13.9 Å². The van der Waals surface area contributed by atoms with Gasteiger partial charge in [0.25, 0.3) is 5.91 Å². The lowest BCUT2D eigenvalue weighted by Crippen LogP contribution is -2.21. The van der Waals surface area contributed by atoms with Crippen molar-refractivity contribution in [2.45, 2.75) is 6.92 Å². The second kappa shape index (κ2) is 8.54. The number of ether oxygens (including phenoxy) is 1. The minimum absolute atomic E-state index is 0.00113. The summed E-state index contributed by atoms with van der Waals surface area (Å²) in [7, 11) is 0. The number of rotatable bonds is 5. The molecule has 29 heavy (non-hydrogen) atoms. The average Bonchev–Trinajstić information content (AvgIpc) is 3.01. The van der Waals surface area contributed by atoms with Crippen LogP contribution in [0.3, 0.4) is 0 Å². The van der Waals surface area contributed by atoms with Crippen molar-refractivity contribution in [2.75, 3.05) is 11.9 Å². The number of nitrogens with one attached hydrogen (secondary N) is 1. The number of carbonyl (C=O) groups excluding carboxylic acids is 2. The first-order valence-corrected chi connectivity index (χ1v) is 8.75. The number of nitrogens with zero attached hydrogens (tertiary/aromatic N) is 3. The number of carbonyl (C=O) groups is 2. The number of aryl methyl sites for hydroxylation is 1. The van der Waals surface area contributed by atoms with Crippen LogP contribution in [-0.4, -0.2) is 28.3 Å². The number of halogens is 2. The number of amides is 1. The molecule has 0 aliphatic carbocycles. The zero-order valence-electron chi connectivity index (χ0n) is 15.1. The van der Waals surface area contributed by atoms with Crippen LogP contribution in [0.5, 0.6) is 0 Å². The number of benzene rings is 2. The first kappa shape index (κ1) is 20.0. The van der Waals surface area contributed by atoms with Gasteiger partial charge in [0.05, 0.1) is 22.6 Å². The van der Waals surface area contributed by atoms with Gasteiger partial charge in [0, 0.05) is 0 Å². The van der Waals surface area contributed by atoms with Gasteiger partial charge in [-0.05, 0) is 43.3 Å².